The number of hydrogen-bond donors (Lipinski definition) is 1. The highest BCUT2D eigenvalue weighted by Gasteiger charge is 2.36. The Morgan fingerprint density at radius 1 is 1.23 bits per heavy atom. The number of pyridine rings is 1. The number of carbonyl (C=O) groups is 1. The minimum Gasteiger partial charge on any atom is -0.381 e. The van der Waals surface area contributed by atoms with E-state index in [-0.39, 0.29) is 11.9 Å². The second kappa shape index (κ2) is 8.72. The molecule has 1 atom stereocenters. The maximum Gasteiger partial charge on any atom is 0.254 e. The predicted molar refractivity (Wildman–Crippen MR) is 132 cm³/mol. The summed E-state index contributed by atoms with van der Waals surface area (Å²) in [5.74, 6) is 1.07. The van der Waals surface area contributed by atoms with Crippen LogP contribution in [0.1, 0.15) is 26.3 Å². The van der Waals surface area contributed by atoms with E-state index in [9.17, 15) is 15.2 Å². The molecule has 0 aliphatic carbocycles. The first-order valence-corrected chi connectivity index (χ1v) is 12.0. The molecule has 35 heavy (non-hydrogen) atoms. The van der Waals surface area contributed by atoms with Gasteiger partial charge in [0, 0.05) is 49.8 Å². The maximum atomic E-state index is 12.7. The number of nitrogens with zero attached hydrogens (tertiary/aromatic N) is 8. The molecule has 11 heteroatoms. The van der Waals surface area contributed by atoms with Gasteiger partial charge in [-0.25, -0.2) is 19.3 Å². The van der Waals surface area contributed by atoms with E-state index in [1.807, 2.05) is 23.8 Å². The number of amides is 1. The molecule has 1 aliphatic rings. The fourth-order valence-corrected chi connectivity index (χ4v) is 5.03. The van der Waals surface area contributed by atoms with Crippen molar-refractivity contribution in [2.45, 2.75) is 32.4 Å². The molecule has 4 aromatic rings. The Balaban J connectivity index is 1.61. The highest BCUT2D eigenvalue weighted by molar-refractivity contribution is 7.09. The number of piperazine rings is 1. The van der Waals surface area contributed by atoms with Crippen LogP contribution in [0, 0.1) is 11.3 Å². The molecular formula is C24H24N8O2S. The van der Waals surface area contributed by atoms with Crippen LogP contribution in [0.2, 0.25) is 0 Å². The van der Waals surface area contributed by atoms with Gasteiger partial charge in [-0.3, -0.25) is 9.36 Å². The minimum absolute atomic E-state index is 0.115. The van der Waals surface area contributed by atoms with Crippen LogP contribution in [0.3, 0.4) is 0 Å². The van der Waals surface area contributed by atoms with Crippen LogP contribution in [-0.4, -0.2) is 71.1 Å². The summed E-state index contributed by atoms with van der Waals surface area (Å²) in [5, 5.41) is 20.4. The molecule has 0 spiro atoms. The highest BCUT2D eigenvalue weighted by atomic mass is 32.1. The number of carbonyl (C=O) groups excluding carboxylic acids is 1. The van der Waals surface area contributed by atoms with E-state index in [1.54, 1.807) is 29.4 Å². The van der Waals surface area contributed by atoms with Crippen molar-refractivity contribution in [2.24, 2.45) is 0 Å². The van der Waals surface area contributed by atoms with Gasteiger partial charge in [0.05, 0.1) is 21.9 Å². The Morgan fingerprint density at radius 3 is 2.74 bits per heavy atom. The highest BCUT2D eigenvalue weighted by Crippen LogP contribution is 2.38. The van der Waals surface area contributed by atoms with E-state index in [1.165, 1.54) is 31.7 Å². The summed E-state index contributed by atoms with van der Waals surface area (Å²) in [5.41, 5.74) is 0.681. The number of aromatic nitrogens is 5. The van der Waals surface area contributed by atoms with Gasteiger partial charge in [-0.15, -0.1) is 0 Å². The van der Waals surface area contributed by atoms with Crippen LogP contribution in [0.25, 0.3) is 27.3 Å². The number of rotatable bonds is 4. The fraction of sp³-hybridized carbons (Fsp3) is 0.333. The van der Waals surface area contributed by atoms with Crippen molar-refractivity contribution in [2.75, 3.05) is 24.5 Å². The van der Waals surface area contributed by atoms with Crippen molar-refractivity contribution in [3.05, 3.63) is 48.7 Å². The Hall–Kier alpha value is -3.88. The Labute approximate surface area is 206 Å². The Kier molecular flexibility index (Phi) is 5.70. The first-order chi connectivity index (χ1) is 16.8. The topological polar surface area (TPSA) is 124 Å². The molecule has 4 aromatic heterocycles. The summed E-state index contributed by atoms with van der Waals surface area (Å²) in [6, 6.07) is 7.38. The Morgan fingerprint density at radius 2 is 2.06 bits per heavy atom. The number of nitriles is 1. The molecule has 1 unspecified atom stereocenters. The van der Waals surface area contributed by atoms with E-state index < -0.39 is 5.60 Å². The summed E-state index contributed by atoms with van der Waals surface area (Å²) in [6.45, 7) is 6.60. The molecule has 1 N–H and O–H groups in total. The smallest absolute Gasteiger partial charge is 0.254 e. The van der Waals surface area contributed by atoms with Gasteiger partial charge in [-0.05, 0) is 50.5 Å². The first-order valence-electron chi connectivity index (χ1n) is 11.2. The lowest BCUT2D eigenvalue weighted by molar-refractivity contribution is -0.150. The molecule has 0 saturated carbocycles. The van der Waals surface area contributed by atoms with Crippen molar-refractivity contribution < 1.29 is 9.90 Å². The number of aliphatic hydroxyl groups is 1. The predicted octanol–water partition coefficient (Wildman–Crippen LogP) is 2.62. The monoisotopic (exact) mass is 488 g/mol. The summed E-state index contributed by atoms with van der Waals surface area (Å²) in [6.07, 6.45) is 6.84. The van der Waals surface area contributed by atoms with Gasteiger partial charge in [0.1, 0.15) is 23.6 Å². The van der Waals surface area contributed by atoms with Crippen molar-refractivity contribution in [1.29, 1.82) is 5.26 Å². The van der Waals surface area contributed by atoms with E-state index in [0.717, 1.165) is 21.6 Å². The van der Waals surface area contributed by atoms with Gasteiger partial charge in [0.25, 0.3) is 5.91 Å². The summed E-state index contributed by atoms with van der Waals surface area (Å²) >= 11 is 1.38. The molecule has 1 aliphatic heterocycles. The fourth-order valence-electron chi connectivity index (χ4n) is 4.42. The quantitative estimate of drug-likeness (QED) is 0.465. The van der Waals surface area contributed by atoms with E-state index in [2.05, 4.69) is 30.3 Å². The second-order valence-electron chi connectivity index (χ2n) is 9.05. The van der Waals surface area contributed by atoms with Gasteiger partial charge in [0.2, 0.25) is 0 Å². The van der Waals surface area contributed by atoms with Crippen molar-refractivity contribution in [3.8, 4) is 22.3 Å². The molecule has 0 bridgehead atoms. The zero-order valence-corrected chi connectivity index (χ0v) is 20.4. The maximum absolute atomic E-state index is 12.7. The third-order valence-electron chi connectivity index (χ3n) is 6.10. The summed E-state index contributed by atoms with van der Waals surface area (Å²) in [4.78, 5) is 31.2. The SMILES string of the molecule is CC1CN(c2ncnc3c2c(-c2ccns2)cn3-c2cc(C#N)ccn2)CCN1C(=O)C(C)(C)O. The number of hydrogen-bond acceptors (Lipinski definition) is 9. The van der Waals surface area contributed by atoms with Crippen LogP contribution in [0.4, 0.5) is 5.82 Å². The standard InChI is InChI=1S/C24H24N8O2S/c1-15-12-30(8-9-31(15)23(33)24(2,3)34)21-20-17(18-5-7-29-35-18)13-32(22(20)28-14-27-21)19-10-16(11-25)4-6-26-19/h4-7,10,13-15,34H,8-9,12H2,1-3H3. The molecule has 5 heterocycles. The Bertz CT molecular complexity index is 1430. The summed E-state index contributed by atoms with van der Waals surface area (Å²) in [7, 11) is 0. The van der Waals surface area contributed by atoms with Crippen LogP contribution in [0.5, 0.6) is 0 Å². The van der Waals surface area contributed by atoms with Crippen molar-refractivity contribution in [3.63, 3.8) is 0 Å². The average molecular weight is 489 g/mol. The lowest BCUT2D eigenvalue weighted by atomic mass is 10.0. The van der Waals surface area contributed by atoms with Crippen LogP contribution in [0.15, 0.2) is 43.1 Å². The van der Waals surface area contributed by atoms with Gasteiger partial charge in [-0.2, -0.15) is 5.26 Å². The molecule has 1 fully saturated rings. The number of anilines is 1. The number of fused-ring (bicyclic) bond motifs is 1. The molecule has 1 amide bonds. The molecule has 178 valence electrons. The lowest BCUT2D eigenvalue weighted by Gasteiger charge is -2.42. The summed E-state index contributed by atoms with van der Waals surface area (Å²) < 4.78 is 6.14. The lowest BCUT2D eigenvalue weighted by Crippen LogP contribution is -2.58. The minimum atomic E-state index is -1.42. The van der Waals surface area contributed by atoms with Crippen molar-refractivity contribution in [1.82, 2.24) is 28.8 Å². The third-order valence-corrected chi connectivity index (χ3v) is 6.88. The molecule has 0 aromatic carbocycles. The van der Waals surface area contributed by atoms with Crippen LogP contribution >= 0.6 is 11.5 Å². The van der Waals surface area contributed by atoms with E-state index in [0.29, 0.717) is 36.7 Å². The van der Waals surface area contributed by atoms with Crippen LogP contribution in [-0.2, 0) is 4.79 Å². The van der Waals surface area contributed by atoms with Crippen LogP contribution < -0.4 is 4.90 Å². The van der Waals surface area contributed by atoms with Crippen molar-refractivity contribution >= 4 is 34.3 Å². The van der Waals surface area contributed by atoms with E-state index >= 15 is 0 Å². The molecule has 1 saturated heterocycles. The zero-order valence-electron chi connectivity index (χ0n) is 19.6. The molecule has 0 radical (unpaired) electrons. The third kappa shape index (κ3) is 4.11. The zero-order chi connectivity index (χ0) is 24.7. The normalized spacial score (nSPS) is 16.5. The van der Waals surface area contributed by atoms with E-state index in [4.69, 9.17) is 0 Å². The van der Waals surface area contributed by atoms with Gasteiger partial charge in [-0.1, -0.05) is 0 Å². The van der Waals surface area contributed by atoms with Gasteiger partial charge < -0.3 is 14.9 Å². The first kappa shape index (κ1) is 22.9. The second-order valence-corrected chi connectivity index (χ2v) is 9.89. The largest absolute Gasteiger partial charge is 0.381 e. The van der Waals surface area contributed by atoms with Gasteiger partial charge in [0.15, 0.2) is 5.65 Å². The molecular weight excluding hydrogens is 464 g/mol. The molecule has 10 nitrogen and oxygen atoms in total. The molecule has 5 rings (SSSR count). The van der Waals surface area contributed by atoms with Gasteiger partial charge >= 0.3 is 0 Å². The average Bonchev–Trinajstić information content (AvgIpc) is 3.51.